The lowest BCUT2D eigenvalue weighted by molar-refractivity contribution is -0.139. The van der Waals surface area contributed by atoms with Gasteiger partial charge in [-0.2, -0.15) is 22.6 Å². The molecule has 3 saturated heterocycles. The number of rotatable bonds is 11. The fraction of sp³-hybridized carbons (Fsp3) is 0.636. The number of likely N-dealkylation sites (tertiary alicyclic amines) is 3. The van der Waals surface area contributed by atoms with Crippen molar-refractivity contribution in [2.45, 2.75) is 87.6 Å². The van der Waals surface area contributed by atoms with Crippen molar-refractivity contribution in [3.8, 4) is 11.3 Å². The summed E-state index contributed by atoms with van der Waals surface area (Å²) in [6.45, 7) is 4.67. The van der Waals surface area contributed by atoms with E-state index in [0.29, 0.717) is 61.6 Å². The van der Waals surface area contributed by atoms with E-state index >= 15 is 0 Å². The van der Waals surface area contributed by atoms with Crippen LogP contribution in [0.15, 0.2) is 23.1 Å². The van der Waals surface area contributed by atoms with Gasteiger partial charge in [-0.15, -0.1) is 11.8 Å². The Morgan fingerprint density at radius 1 is 1.02 bits per heavy atom. The Kier molecular flexibility index (Phi) is 10.9. The van der Waals surface area contributed by atoms with Gasteiger partial charge in [0.25, 0.3) is 0 Å². The van der Waals surface area contributed by atoms with Gasteiger partial charge in [0.05, 0.1) is 23.3 Å². The molecule has 5 heterocycles. The molecule has 274 valence electrons. The average molecular weight is 740 g/mol. The summed E-state index contributed by atoms with van der Waals surface area (Å²) >= 11 is 0.747. The number of nitrogens with two attached hydrogens (primary N) is 1. The molecule has 17 heteroatoms. The van der Waals surface area contributed by atoms with Gasteiger partial charge in [0.1, 0.15) is 6.04 Å². The van der Waals surface area contributed by atoms with Crippen molar-refractivity contribution >= 4 is 39.5 Å². The Morgan fingerprint density at radius 2 is 1.78 bits per heavy atom. The van der Waals surface area contributed by atoms with Crippen molar-refractivity contribution in [2.75, 3.05) is 51.3 Å². The number of hydrogen-bond donors (Lipinski definition) is 1. The molecule has 0 radical (unpaired) electrons. The largest absolute Gasteiger partial charge is 0.417 e. The lowest BCUT2D eigenvalue weighted by Gasteiger charge is -2.36. The fourth-order valence-electron chi connectivity index (χ4n) is 7.73. The highest BCUT2D eigenvalue weighted by molar-refractivity contribution is 8.00. The van der Waals surface area contributed by atoms with Crippen LogP contribution in [-0.4, -0.2) is 118 Å². The number of carbonyl (C=O) groups is 3. The zero-order valence-corrected chi connectivity index (χ0v) is 29.8. The molecule has 2 N–H and O–H groups in total. The zero-order chi connectivity index (χ0) is 35.8. The van der Waals surface area contributed by atoms with E-state index in [1.165, 1.54) is 21.3 Å². The van der Waals surface area contributed by atoms with Crippen LogP contribution in [0.1, 0.15) is 61.8 Å². The Balaban J connectivity index is 1.21. The lowest BCUT2D eigenvalue weighted by Crippen LogP contribution is -2.45. The molecule has 3 fully saturated rings. The summed E-state index contributed by atoms with van der Waals surface area (Å²) < 4.78 is 70.8. The maximum absolute atomic E-state index is 14.2. The van der Waals surface area contributed by atoms with Crippen LogP contribution in [0.3, 0.4) is 0 Å². The van der Waals surface area contributed by atoms with Crippen LogP contribution >= 0.6 is 11.8 Å². The van der Waals surface area contributed by atoms with E-state index in [1.54, 1.807) is 0 Å². The first-order valence-electron chi connectivity index (χ1n) is 17.2. The molecule has 50 heavy (non-hydrogen) atoms. The number of piperidine rings is 1. The molecular weight excluding hydrogens is 696 g/mol. The number of sulfonamides is 1. The number of thioether (sulfide) groups is 1. The Morgan fingerprint density at radius 3 is 2.44 bits per heavy atom. The molecule has 0 unspecified atom stereocenters. The number of aromatic nitrogens is 2. The summed E-state index contributed by atoms with van der Waals surface area (Å²) in [7, 11) is -3.54. The summed E-state index contributed by atoms with van der Waals surface area (Å²) in [5.74, 6) is -1.16. The minimum absolute atomic E-state index is 0.0533. The van der Waals surface area contributed by atoms with Crippen LogP contribution in [-0.2, 0) is 50.1 Å². The van der Waals surface area contributed by atoms with E-state index in [2.05, 4.69) is 4.90 Å². The first kappa shape index (κ1) is 36.6. The number of alkyl halides is 3. The van der Waals surface area contributed by atoms with Crippen LogP contribution in [0.25, 0.3) is 11.3 Å². The highest BCUT2D eigenvalue weighted by Gasteiger charge is 2.37. The molecule has 4 aliphatic rings. The molecule has 4 aliphatic heterocycles. The molecule has 1 atom stereocenters. The van der Waals surface area contributed by atoms with Gasteiger partial charge in [-0.1, -0.05) is 6.07 Å². The van der Waals surface area contributed by atoms with E-state index < -0.39 is 39.6 Å². The topological polar surface area (TPSA) is 142 Å². The van der Waals surface area contributed by atoms with Crippen LogP contribution in [0.2, 0.25) is 0 Å². The Hall–Kier alpha value is -3.15. The number of benzene rings is 1. The SMILES string of the molecule is CS(=O)(=O)N1CCc2c(c(-c3ccc(C(F)(F)F)c(SCC(=O)N4CCC[C@@H]4C(N)=O)c3)nn2CCCN2CCC(N3CCCC3=O)CC2)C1. The first-order valence-corrected chi connectivity index (χ1v) is 20.0. The highest BCUT2D eigenvalue weighted by Crippen LogP contribution is 2.40. The molecule has 12 nitrogen and oxygen atoms in total. The second-order valence-electron chi connectivity index (χ2n) is 13.6. The summed E-state index contributed by atoms with van der Waals surface area (Å²) in [5.41, 5.74) is 6.88. The fourth-order valence-corrected chi connectivity index (χ4v) is 9.51. The number of halogens is 3. The standard InChI is InChI=1S/C33H44F3N7O5S2/c1-50(47,48)40-18-11-26-24(20-40)31(38-43(26)15-4-12-39-16-9-23(10-17-39)41-13-3-6-29(41)44)22-7-8-25(33(34,35)36)28(19-22)49-21-30(45)42-14-2-5-27(42)32(37)46/h7-8,19,23,27H,2-6,9-18,20-21H2,1H3,(H2,37,46)/t27-/m1/s1. The highest BCUT2D eigenvalue weighted by atomic mass is 32.2. The molecule has 0 aliphatic carbocycles. The molecule has 2 aromatic rings. The second kappa shape index (κ2) is 14.8. The van der Waals surface area contributed by atoms with Crippen molar-refractivity contribution in [3.05, 3.63) is 35.0 Å². The van der Waals surface area contributed by atoms with Crippen LogP contribution < -0.4 is 5.73 Å². The molecule has 0 saturated carbocycles. The predicted octanol–water partition coefficient (Wildman–Crippen LogP) is 2.93. The number of aryl methyl sites for hydroxylation is 1. The molecule has 1 aromatic heterocycles. The minimum atomic E-state index is -4.68. The van der Waals surface area contributed by atoms with Gasteiger partial charge >= 0.3 is 6.18 Å². The molecule has 0 bridgehead atoms. The quantitative estimate of drug-likeness (QED) is 0.347. The Bertz CT molecular complexity index is 1730. The van der Waals surface area contributed by atoms with Gasteiger partial charge in [-0.3, -0.25) is 19.1 Å². The monoisotopic (exact) mass is 739 g/mol. The third kappa shape index (κ3) is 8.00. The number of carbonyl (C=O) groups excluding carboxylic acids is 3. The van der Waals surface area contributed by atoms with E-state index in [0.717, 1.165) is 81.6 Å². The van der Waals surface area contributed by atoms with Crippen LogP contribution in [0, 0.1) is 0 Å². The summed E-state index contributed by atoms with van der Waals surface area (Å²) in [6.07, 6.45) is 2.11. The number of fused-ring (bicyclic) bond motifs is 1. The van der Waals surface area contributed by atoms with Crippen molar-refractivity contribution in [3.63, 3.8) is 0 Å². The maximum Gasteiger partial charge on any atom is 0.417 e. The zero-order valence-electron chi connectivity index (χ0n) is 28.2. The van der Waals surface area contributed by atoms with Crippen LogP contribution in [0.5, 0.6) is 0 Å². The van der Waals surface area contributed by atoms with Crippen molar-refractivity contribution in [2.24, 2.45) is 5.73 Å². The number of hydrogen-bond acceptors (Lipinski definition) is 8. The van der Waals surface area contributed by atoms with E-state index in [-0.39, 0.29) is 29.6 Å². The predicted molar refractivity (Wildman–Crippen MR) is 181 cm³/mol. The molecule has 1 aromatic carbocycles. The summed E-state index contributed by atoms with van der Waals surface area (Å²) in [6, 6.07) is 3.23. The van der Waals surface area contributed by atoms with Gasteiger partial charge in [-0.05, 0) is 57.2 Å². The third-order valence-electron chi connectivity index (χ3n) is 10.3. The number of primary amides is 1. The number of nitrogens with zero attached hydrogens (tertiary/aromatic N) is 6. The van der Waals surface area contributed by atoms with Gasteiger partial charge < -0.3 is 20.4 Å². The second-order valence-corrected chi connectivity index (χ2v) is 16.6. The van der Waals surface area contributed by atoms with Gasteiger partial charge in [0.15, 0.2) is 0 Å². The Labute approximate surface area is 294 Å². The van der Waals surface area contributed by atoms with Gasteiger partial charge in [0, 0.05) is 86.4 Å². The molecule has 6 rings (SSSR count). The van der Waals surface area contributed by atoms with Crippen molar-refractivity contribution in [1.29, 1.82) is 0 Å². The average Bonchev–Trinajstić information content (AvgIpc) is 3.82. The third-order valence-corrected chi connectivity index (χ3v) is 12.6. The van der Waals surface area contributed by atoms with E-state index in [4.69, 9.17) is 10.8 Å². The number of amides is 3. The maximum atomic E-state index is 14.2. The van der Waals surface area contributed by atoms with E-state index in [9.17, 15) is 36.0 Å². The molecule has 0 spiro atoms. The molecule has 3 amide bonds. The minimum Gasteiger partial charge on any atom is -0.368 e. The summed E-state index contributed by atoms with van der Waals surface area (Å²) in [5, 5.41) is 4.87. The molecular formula is C33H44F3N7O5S2. The van der Waals surface area contributed by atoms with Crippen molar-refractivity contribution < 1.29 is 36.0 Å². The van der Waals surface area contributed by atoms with Gasteiger partial charge in [-0.25, -0.2) is 8.42 Å². The first-order chi connectivity index (χ1) is 23.7. The summed E-state index contributed by atoms with van der Waals surface area (Å²) in [4.78, 5) is 42.6. The lowest BCUT2D eigenvalue weighted by atomic mass is 10.0. The van der Waals surface area contributed by atoms with E-state index in [1.807, 2.05) is 9.58 Å². The smallest absolute Gasteiger partial charge is 0.368 e. The van der Waals surface area contributed by atoms with Crippen LogP contribution in [0.4, 0.5) is 13.2 Å². The van der Waals surface area contributed by atoms with Crippen molar-refractivity contribution in [1.82, 2.24) is 28.8 Å². The van der Waals surface area contributed by atoms with Gasteiger partial charge in [0.2, 0.25) is 27.7 Å². The normalized spacial score (nSPS) is 21.3.